The predicted octanol–water partition coefficient (Wildman–Crippen LogP) is 5.26. The van der Waals surface area contributed by atoms with Crippen LogP contribution in [0.4, 0.5) is 0 Å². The van der Waals surface area contributed by atoms with E-state index in [9.17, 15) is 9.90 Å². The first-order valence-corrected chi connectivity index (χ1v) is 10.6. The Morgan fingerprint density at radius 2 is 1.47 bits per heavy atom. The molecule has 0 fully saturated rings. The highest BCUT2D eigenvalue weighted by atomic mass is 16.6. The van der Waals surface area contributed by atoms with Crippen LogP contribution in [0.5, 0.6) is 0 Å². The number of ether oxygens (including phenoxy) is 2. The Morgan fingerprint density at radius 3 is 2.00 bits per heavy atom. The van der Waals surface area contributed by atoms with Gasteiger partial charge < -0.3 is 14.6 Å². The Labute approximate surface area is 180 Å². The third-order valence-corrected chi connectivity index (χ3v) is 5.02. The van der Waals surface area contributed by atoms with E-state index >= 15 is 0 Å². The number of hydrogen-bond acceptors (Lipinski definition) is 4. The third kappa shape index (κ3) is 7.12. The Hall–Kier alpha value is -2.43. The second-order valence-electron chi connectivity index (χ2n) is 8.35. The number of benzene rings is 2. The highest BCUT2D eigenvalue weighted by molar-refractivity contribution is 5.77. The van der Waals surface area contributed by atoms with E-state index in [1.807, 2.05) is 94.4 Å². The molecule has 2 atom stereocenters. The van der Waals surface area contributed by atoms with Crippen LogP contribution in [0.15, 0.2) is 66.2 Å². The molecule has 0 aromatic heterocycles. The summed E-state index contributed by atoms with van der Waals surface area (Å²) in [7, 11) is 0. The van der Waals surface area contributed by atoms with Gasteiger partial charge in [0, 0.05) is 0 Å². The van der Waals surface area contributed by atoms with Gasteiger partial charge in [-0.15, -0.1) is 0 Å². The van der Waals surface area contributed by atoms with Crippen molar-refractivity contribution < 1.29 is 19.4 Å². The van der Waals surface area contributed by atoms with Crippen molar-refractivity contribution in [2.75, 3.05) is 0 Å². The van der Waals surface area contributed by atoms with Crippen molar-refractivity contribution in [2.24, 2.45) is 11.8 Å². The summed E-state index contributed by atoms with van der Waals surface area (Å²) in [5.41, 5.74) is 2.52. The molecule has 2 aromatic rings. The average Bonchev–Trinajstić information content (AvgIpc) is 2.73. The number of aliphatic hydroxyl groups is 1. The van der Waals surface area contributed by atoms with E-state index in [0.717, 1.165) is 11.1 Å². The highest BCUT2D eigenvalue weighted by Crippen LogP contribution is 2.21. The maximum absolute atomic E-state index is 13.0. The normalized spacial score (nSPS) is 14.2. The number of hydrogen-bond donors (Lipinski definition) is 1. The van der Waals surface area contributed by atoms with Gasteiger partial charge in [-0.2, -0.15) is 0 Å². The van der Waals surface area contributed by atoms with Crippen molar-refractivity contribution in [1.82, 2.24) is 0 Å². The van der Waals surface area contributed by atoms with E-state index < -0.39 is 18.2 Å². The lowest BCUT2D eigenvalue weighted by molar-refractivity contribution is -0.174. The summed E-state index contributed by atoms with van der Waals surface area (Å²) in [6, 6.07) is 19.3. The molecule has 2 rings (SSSR count). The molecule has 4 nitrogen and oxygen atoms in total. The van der Waals surface area contributed by atoms with Crippen LogP contribution in [-0.2, 0) is 20.9 Å². The third-order valence-electron chi connectivity index (χ3n) is 5.02. The van der Waals surface area contributed by atoms with Gasteiger partial charge in [0.2, 0.25) is 0 Å². The fourth-order valence-electron chi connectivity index (χ4n) is 3.43. The average molecular weight is 411 g/mol. The summed E-state index contributed by atoms with van der Waals surface area (Å²) < 4.78 is 11.7. The lowest BCUT2D eigenvalue weighted by Crippen LogP contribution is -2.42. The van der Waals surface area contributed by atoms with Gasteiger partial charge in [0.25, 0.3) is 0 Å². The molecule has 30 heavy (non-hydrogen) atoms. The Balaban J connectivity index is 2.22. The lowest BCUT2D eigenvalue weighted by atomic mass is 9.96. The zero-order valence-corrected chi connectivity index (χ0v) is 18.6. The lowest BCUT2D eigenvalue weighted by Gasteiger charge is -2.29. The van der Waals surface area contributed by atoms with Crippen molar-refractivity contribution in [3.05, 3.63) is 77.4 Å². The zero-order chi connectivity index (χ0) is 22.1. The quantitative estimate of drug-likeness (QED) is 0.543. The summed E-state index contributed by atoms with van der Waals surface area (Å²) in [6.07, 6.45) is -0.600. The number of aliphatic hydroxyl groups excluding tert-OH is 1. The summed E-state index contributed by atoms with van der Waals surface area (Å²) in [5.74, 6) is -0.199. The summed E-state index contributed by atoms with van der Waals surface area (Å²) in [4.78, 5) is 13.0. The topological polar surface area (TPSA) is 55.8 Å². The smallest absolute Gasteiger partial charge is 0.338 e. The Morgan fingerprint density at radius 1 is 0.933 bits per heavy atom. The molecular weight excluding hydrogens is 376 g/mol. The van der Waals surface area contributed by atoms with Gasteiger partial charge in [0.15, 0.2) is 6.10 Å². The molecule has 0 heterocycles. The Bertz CT molecular complexity index is 788. The summed E-state index contributed by atoms with van der Waals surface area (Å²) in [5, 5.41) is 11.0. The molecule has 0 saturated carbocycles. The van der Waals surface area contributed by atoms with E-state index in [0.29, 0.717) is 5.57 Å². The van der Waals surface area contributed by atoms with Crippen LogP contribution in [0, 0.1) is 11.8 Å². The molecular formula is C26H34O4. The Kier molecular flexibility index (Phi) is 9.28. The molecule has 0 radical (unpaired) electrons. The van der Waals surface area contributed by atoms with Gasteiger partial charge in [-0.1, -0.05) is 94.4 Å². The largest absolute Gasteiger partial charge is 0.460 e. The predicted molar refractivity (Wildman–Crippen MR) is 121 cm³/mol. The maximum Gasteiger partial charge on any atom is 0.338 e. The molecule has 0 spiro atoms. The van der Waals surface area contributed by atoms with Crippen LogP contribution >= 0.6 is 0 Å². The SMILES string of the molecule is C/C(=C\c1ccccc1)[C@H](O)[C@H](OCc1ccccc1)C(=O)OC(C(C)C)C(C)C. The van der Waals surface area contributed by atoms with Crippen molar-refractivity contribution in [2.45, 2.75) is 59.5 Å². The van der Waals surface area contributed by atoms with Crippen molar-refractivity contribution in [3.8, 4) is 0 Å². The van der Waals surface area contributed by atoms with E-state index in [4.69, 9.17) is 9.47 Å². The standard InChI is InChI=1S/C26H34O4/c1-18(2)24(19(3)4)30-26(28)25(29-17-22-14-10-7-11-15-22)23(27)20(5)16-21-12-8-6-9-13-21/h6-16,18-19,23-25,27H,17H2,1-5H3/b20-16+/t23-,25-/m0/s1. The molecule has 0 amide bonds. The molecule has 0 bridgehead atoms. The zero-order valence-electron chi connectivity index (χ0n) is 18.6. The number of rotatable bonds is 10. The van der Waals surface area contributed by atoms with Gasteiger partial charge in [-0.3, -0.25) is 0 Å². The maximum atomic E-state index is 13.0. The van der Waals surface area contributed by atoms with Crippen molar-refractivity contribution in [1.29, 1.82) is 0 Å². The van der Waals surface area contributed by atoms with Crippen molar-refractivity contribution in [3.63, 3.8) is 0 Å². The minimum Gasteiger partial charge on any atom is -0.460 e. The van der Waals surface area contributed by atoms with E-state index in [2.05, 4.69) is 0 Å². The minimum absolute atomic E-state index is 0.168. The van der Waals surface area contributed by atoms with Crippen LogP contribution in [-0.4, -0.2) is 29.4 Å². The van der Waals surface area contributed by atoms with Crippen LogP contribution in [0.25, 0.3) is 6.08 Å². The molecule has 0 saturated heterocycles. The van der Waals surface area contributed by atoms with Gasteiger partial charge in [-0.05, 0) is 35.5 Å². The van der Waals surface area contributed by atoms with Gasteiger partial charge in [0.1, 0.15) is 12.2 Å². The second kappa shape index (κ2) is 11.7. The molecule has 2 aromatic carbocycles. The second-order valence-corrected chi connectivity index (χ2v) is 8.35. The first-order chi connectivity index (χ1) is 14.3. The summed E-state index contributed by atoms with van der Waals surface area (Å²) >= 11 is 0. The fraction of sp³-hybridized carbons (Fsp3) is 0.423. The van der Waals surface area contributed by atoms with Gasteiger partial charge in [0.05, 0.1) is 6.61 Å². The monoisotopic (exact) mass is 410 g/mol. The number of carbonyl (C=O) groups is 1. The molecule has 162 valence electrons. The molecule has 4 heteroatoms. The molecule has 0 aliphatic carbocycles. The number of carbonyl (C=O) groups excluding carboxylic acids is 1. The summed E-state index contributed by atoms with van der Waals surface area (Å²) in [6.45, 7) is 10.1. The first-order valence-electron chi connectivity index (χ1n) is 10.6. The molecule has 0 aliphatic heterocycles. The van der Waals surface area contributed by atoms with Crippen LogP contribution < -0.4 is 0 Å². The van der Waals surface area contributed by atoms with Crippen LogP contribution in [0.3, 0.4) is 0 Å². The van der Waals surface area contributed by atoms with Gasteiger partial charge >= 0.3 is 5.97 Å². The molecule has 0 unspecified atom stereocenters. The van der Waals surface area contributed by atoms with Crippen molar-refractivity contribution >= 4 is 12.0 Å². The van der Waals surface area contributed by atoms with E-state index in [1.165, 1.54) is 0 Å². The number of esters is 1. The highest BCUT2D eigenvalue weighted by Gasteiger charge is 2.33. The molecule has 1 N–H and O–H groups in total. The van der Waals surface area contributed by atoms with Crippen LogP contribution in [0.1, 0.15) is 45.7 Å². The van der Waals surface area contributed by atoms with E-state index in [1.54, 1.807) is 6.92 Å². The first kappa shape index (κ1) is 23.8. The van der Waals surface area contributed by atoms with Crippen LogP contribution in [0.2, 0.25) is 0 Å². The van der Waals surface area contributed by atoms with E-state index in [-0.39, 0.29) is 24.5 Å². The van der Waals surface area contributed by atoms with Gasteiger partial charge in [-0.25, -0.2) is 4.79 Å². The fourth-order valence-corrected chi connectivity index (χ4v) is 3.43. The minimum atomic E-state index is -1.11. The molecule has 0 aliphatic rings.